The minimum Gasteiger partial charge on any atom is -0.477 e. The molecule has 0 spiro atoms. The first-order chi connectivity index (χ1) is 58.5. The SMILES string of the molecule is C=CCOC(O)CC(C)O.C=Cc1ccc(CCC(O)CC(C)O)cc1.COC(O)CC(O)OC.O=C(O)c1ccccn1.[Ir].[Ir].[Ir].[Ir].[c-]1ccccc1-c1ncnc2c1oc1ccccc12.[c-]1ccccc1-c1ncnc2c1oc1ccccc12.[c-]1ccccc1-c1ncnc2c1oc1ccccc12.[c-]1ccccc1-c1ncnc2c1oc1ccccc12. The van der Waals surface area contributed by atoms with Gasteiger partial charge in [0.05, 0.1) is 24.9 Å². The molecule has 646 valence electrons. The number of hydrogen-bond acceptors (Lipinski definition) is 23. The molecule has 18 rings (SSSR count). The molecule has 9 aromatic carbocycles. The number of furan rings is 4. The number of carboxylic acid groups (broad SMARTS) is 1. The van der Waals surface area contributed by atoms with Gasteiger partial charge in [0.1, 0.15) is 97.7 Å². The molecule has 28 heteroatoms. The summed E-state index contributed by atoms with van der Waals surface area (Å²) in [7, 11) is 2.71. The fourth-order valence-corrected chi connectivity index (χ4v) is 12.1. The number of methoxy groups -OCH3 is 2. The number of benzene rings is 9. The van der Waals surface area contributed by atoms with Crippen molar-refractivity contribution >= 4 is 100 Å². The van der Waals surface area contributed by atoms with Crippen LogP contribution in [0.4, 0.5) is 0 Å². The van der Waals surface area contributed by atoms with Crippen LogP contribution in [-0.2, 0) is 101 Å². The third kappa shape index (κ3) is 28.2. The molecule has 4 radical (unpaired) electrons. The van der Waals surface area contributed by atoms with Gasteiger partial charge in [-0.3, -0.25) is 19.9 Å². The zero-order valence-corrected chi connectivity index (χ0v) is 77.0. The number of rotatable bonds is 20. The number of hydrogen-bond donors (Lipinski definition) is 7. The molecule has 124 heavy (non-hydrogen) atoms. The second kappa shape index (κ2) is 51.8. The summed E-state index contributed by atoms with van der Waals surface area (Å²) in [5, 5.41) is 66.2. The maximum Gasteiger partial charge on any atom is 0.354 e. The summed E-state index contributed by atoms with van der Waals surface area (Å²) in [6, 6.07) is 88.0. The molecule has 0 aliphatic rings. The van der Waals surface area contributed by atoms with Crippen molar-refractivity contribution in [1.82, 2.24) is 44.9 Å². The van der Waals surface area contributed by atoms with E-state index in [2.05, 4.69) is 91.8 Å². The van der Waals surface area contributed by atoms with Gasteiger partial charge < -0.3 is 67.6 Å². The molecule has 24 nitrogen and oxygen atoms in total. The van der Waals surface area contributed by atoms with Crippen molar-refractivity contribution in [2.45, 2.75) is 83.1 Å². The summed E-state index contributed by atoms with van der Waals surface area (Å²) in [4.78, 5) is 48.4. The van der Waals surface area contributed by atoms with Crippen molar-refractivity contribution in [3.05, 3.63) is 328 Å². The molecule has 6 atom stereocenters. The van der Waals surface area contributed by atoms with Crippen LogP contribution in [0.15, 0.2) is 305 Å². The first-order valence-corrected chi connectivity index (χ1v) is 38.1. The Kier molecular flexibility index (Phi) is 41.8. The minimum absolute atomic E-state index is 0. The molecule has 18 aromatic rings. The number of pyridine rings is 1. The maximum atomic E-state index is 10.1. The van der Waals surface area contributed by atoms with Crippen LogP contribution in [0.1, 0.15) is 61.1 Å². The van der Waals surface area contributed by atoms with E-state index in [0.717, 1.165) is 123 Å². The quantitative estimate of drug-likeness (QED) is 0.0212. The number of aromatic nitrogens is 9. The second-order valence-corrected chi connectivity index (χ2v) is 26.6. The van der Waals surface area contributed by atoms with Crippen molar-refractivity contribution in [2.24, 2.45) is 0 Å². The van der Waals surface area contributed by atoms with Crippen LogP contribution in [0.5, 0.6) is 0 Å². The van der Waals surface area contributed by atoms with Crippen LogP contribution < -0.4 is 0 Å². The number of carboxylic acids is 1. The summed E-state index contributed by atoms with van der Waals surface area (Å²) in [5.74, 6) is -0.990. The smallest absolute Gasteiger partial charge is 0.354 e. The van der Waals surface area contributed by atoms with Crippen LogP contribution in [0.25, 0.3) is 139 Å². The number of aromatic carboxylic acids is 1. The van der Waals surface area contributed by atoms with E-state index >= 15 is 0 Å². The molecule has 0 aliphatic carbocycles. The Labute approximate surface area is 769 Å². The first-order valence-electron chi connectivity index (χ1n) is 38.1. The van der Waals surface area contributed by atoms with Crippen molar-refractivity contribution in [1.29, 1.82) is 0 Å². The van der Waals surface area contributed by atoms with E-state index in [0.29, 0.717) is 41.8 Å². The Hall–Kier alpha value is -11.2. The molecule has 0 bridgehead atoms. The Bertz CT molecular complexity index is 5620. The predicted octanol–water partition coefficient (Wildman–Crippen LogP) is 18.1. The van der Waals surface area contributed by atoms with Gasteiger partial charge in [-0.25, -0.2) is 29.7 Å². The fraction of sp³-hybridized carbons (Fsp3) is 0.167. The van der Waals surface area contributed by atoms with Crippen molar-refractivity contribution < 1.29 is 153 Å². The van der Waals surface area contributed by atoms with Crippen LogP contribution in [0.2, 0.25) is 0 Å². The number of fused-ring (bicyclic) bond motifs is 12. The Morgan fingerprint density at radius 1 is 0.403 bits per heavy atom. The molecular formula is C96H87Ir4N9O15-4. The third-order valence-corrected chi connectivity index (χ3v) is 17.9. The number of para-hydroxylation sites is 4. The molecule has 0 saturated heterocycles. The number of nitrogens with zero attached hydrogens (tertiary/aromatic N) is 9. The van der Waals surface area contributed by atoms with E-state index in [4.69, 9.17) is 53.0 Å². The average molecular weight is 2380 g/mol. The molecule has 0 saturated carbocycles. The fourth-order valence-electron chi connectivity index (χ4n) is 12.1. The normalized spacial score (nSPS) is 11.9. The van der Waals surface area contributed by atoms with E-state index in [-0.39, 0.29) is 99.0 Å². The van der Waals surface area contributed by atoms with E-state index in [1.807, 2.05) is 224 Å². The molecule has 0 aliphatic heterocycles. The van der Waals surface area contributed by atoms with Crippen LogP contribution in [0.3, 0.4) is 0 Å². The summed E-state index contributed by atoms with van der Waals surface area (Å²) < 4.78 is 37.2. The summed E-state index contributed by atoms with van der Waals surface area (Å²) in [5.41, 5.74) is 18.7. The number of aliphatic hydroxyl groups is 6. The topological polar surface area (TPSA) is 355 Å². The number of ether oxygens (including phenoxy) is 3. The zero-order valence-electron chi connectivity index (χ0n) is 67.4. The van der Waals surface area contributed by atoms with E-state index in [1.54, 1.807) is 57.4 Å². The van der Waals surface area contributed by atoms with E-state index in [1.165, 1.54) is 32.0 Å². The van der Waals surface area contributed by atoms with Crippen LogP contribution >= 0.6 is 0 Å². The van der Waals surface area contributed by atoms with Gasteiger partial charge in [-0.2, -0.15) is 0 Å². The molecule has 9 aromatic heterocycles. The second-order valence-electron chi connectivity index (χ2n) is 26.6. The van der Waals surface area contributed by atoms with Crippen molar-refractivity contribution in [3.63, 3.8) is 0 Å². The molecule has 7 N–H and O–H groups in total. The van der Waals surface area contributed by atoms with Crippen LogP contribution in [0, 0.1) is 24.3 Å². The Morgan fingerprint density at radius 3 is 1.01 bits per heavy atom. The van der Waals surface area contributed by atoms with Gasteiger partial charge in [0.25, 0.3) is 0 Å². The first kappa shape index (κ1) is 99.9. The summed E-state index contributed by atoms with van der Waals surface area (Å²) in [6.45, 7) is 10.7. The van der Waals surface area contributed by atoms with E-state index in [9.17, 15) is 9.90 Å². The van der Waals surface area contributed by atoms with Gasteiger partial charge >= 0.3 is 5.97 Å². The molecule has 9 heterocycles. The summed E-state index contributed by atoms with van der Waals surface area (Å²) in [6.07, 6.45) is 9.24. The molecule has 6 unspecified atom stereocenters. The summed E-state index contributed by atoms with van der Waals surface area (Å²) >= 11 is 0. The average Bonchev–Trinajstić information content (AvgIpc) is 1.64. The van der Waals surface area contributed by atoms with Gasteiger partial charge in [0, 0.05) is 158 Å². The third-order valence-electron chi connectivity index (χ3n) is 17.9. The predicted molar refractivity (Wildman–Crippen MR) is 462 cm³/mol. The van der Waals surface area contributed by atoms with Crippen molar-refractivity contribution in [2.75, 3.05) is 20.8 Å². The standard InChI is InChI=1S/4C16H9N2O.C14H20O2.C7H14O3.C6H5NO2.C5H12O4.4Ir/c4*1-2-6-11(7-3-1)14-16-15(18-10-17-14)12-8-4-5-9-13(12)19-16;1-3-12-4-6-13(7-5-12)8-9-14(16)10-11(2)15;1-3-4-10-7(9)5-6(2)8;8-6(9)5-3-1-2-4-7-5;1-8-4(6)3-5(7)9-2;;;;/h4*1-6,8-10H;3-7,11,14-16H,1,8-10H2,2H3;3,6-9H,1,4-5H2,2H3;1-4H,(H,8,9);4-7H,3H2,1-2H3;;;;/q4*-1;;;;;;;;. The monoisotopic (exact) mass is 2380 g/mol. The zero-order chi connectivity index (χ0) is 84.5. The van der Waals surface area contributed by atoms with Gasteiger partial charge in [-0.15, -0.1) is 150 Å². The number of carbonyl (C=O) groups is 1. The minimum atomic E-state index is -0.990. The van der Waals surface area contributed by atoms with E-state index < -0.39 is 43.2 Å². The number of aliphatic hydroxyl groups excluding tert-OH is 6. The Balaban J connectivity index is 0.000000197. The van der Waals surface area contributed by atoms with Crippen molar-refractivity contribution in [3.8, 4) is 45.0 Å². The molecule has 0 fully saturated rings. The Morgan fingerprint density at radius 2 is 0.734 bits per heavy atom. The van der Waals surface area contributed by atoms with Gasteiger partial charge in [0.15, 0.2) is 18.9 Å². The van der Waals surface area contributed by atoms with Gasteiger partial charge in [0.2, 0.25) is 0 Å². The van der Waals surface area contributed by atoms with Gasteiger partial charge in [-0.05, 0) is 105 Å². The largest absolute Gasteiger partial charge is 0.477 e. The van der Waals surface area contributed by atoms with Crippen LogP contribution in [-0.4, -0.2) is 145 Å². The molecule has 0 amide bonds. The maximum absolute atomic E-state index is 10.1. The van der Waals surface area contributed by atoms with Gasteiger partial charge in [-0.1, -0.05) is 97.6 Å². The molecular weight excluding hydrogens is 2290 g/mol. The number of aryl methyl sites for hydroxylation is 1.